The van der Waals surface area contributed by atoms with Gasteiger partial charge in [-0.2, -0.15) is 0 Å². The topological polar surface area (TPSA) is 105 Å². The Balaban J connectivity index is 1.37. The summed E-state index contributed by atoms with van der Waals surface area (Å²) in [4.78, 5) is 35.2. The van der Waals surface area contributed by atoms with Crippen molar-refractivity contribution in [3.8, 4) is 5.75 Å². The zero-order chi connectivity index (χ0) is 25.9. The molecular weight excluding hydrogens is 468 g/mol. The smallest absolute Gasteiger partial charge is 0.328 e. The van der Waals surface area contributed by atoms with Gasteiger partial charge in [0.15, 0.2) is 5.82 Å². The minimum atomic E-state index is -0.996. The predicted molar refractivity (Wildman–Crippen MR) is 144 cm³/mol. The van der Waals surface area contributed by atoms with Crippen LogP contribution in [0.5, 0.6) is 5.75 Å². The van der Waals surface area contributed by atoms with Gasteiger partial charge in [0.1, 0.15) is 11.6 Å². The molecule has 8 nitrogen and oxygen atoms in total. The number of hydrogen-bond acceptors (Lipinski definition) is 6. The molecule has 0 aliphatic carbocycles. The molecule has 0 saturated carbocycles. The number of hydrogen-bond donors (Lipinski definition) is 2. The molecule has 5 rings (SSSR count). The number of nitrogens with zero attached hydrogens (tertiary/aromatic N) is 3. The molecule has 0 atom stereocenters. The van der Waals surface area contributed by atoms with Gasteiger partial charge < -0.3 is 20.1 Å². The summed E-state index contributed by atoms with van der Waals surface area (Å²) in [6, 6.07) is 15.1. The van der Waals surface area contributed by atoms with Crippen molar-refractivity contribution in [2.45, 2.75) is 20.3 Å². The first kappa shape index (κ1) is 24.0. The highest BCUT2D eigenvalue weighted by Crippen LogP contribution is 2.37. The second-order valence-electron chi connectivity index (χ2n) is 8.71. The van der Waals surface area contributed by atoms with E-state index >= 15 is 0 Å². The molecule has 186 valence electrons. The average Bonchev–Trinajstić information content (AvgIpc) is 3.02. The Morgan fingerprint density at radius 2 is 1.92 bits per heavy atom. The third kappa shape index (κ3) is 4.73. The Bertz CT molecular complexity index is 1550. The van der Waals surface area contributed by atoms with Crippen LogP contribution in [0.4, 0.5) is 17.3 Å². The van der Waals surface area contributed by atoms with Gasteiger partial charge in [-0.3, -0.25) is 4.79 Å². The fourth-order valence-electron chi connectivity index (χ4n) is 4.51. The quantitative estimate of drug-likeness (QED) is 0.332. The highest BCUT2D eigenvalue weighted by molar-refractivity contribution is 6.11. The minimum Gasteiger partial charge on any atom is -0.493 e. The van der Waals surface area contributed by atoms with Crippen molar-refractivity contribution in [2.75, 3.05) is 23.4 Å². The van der Waals surface area contributed by atoms with Gasteiger partial charge in [-0.25, -0.2) is 14.8 Å². The van der Waals surface area contributed by atoms with Gasteiger partial charge in [0.2, 0.25) is 0 Å². The monoisotopic (exact) mass is 494 g/mol. The Kier molecular flexibility index (Phi) is 6.55. The molecule has 4 aromatic rings. The molecule has 0 spiro atoms. The van der Waals surface area contributed by atoms with Gasteiger partial charge in [0.05, 0.1) is 17.9 Å². The molecule has 1 aliphatic heterocycles. The van der Waals surface area contributed by atoms with Crippen molar-refractivity contribution in [3.63, 3.8) is 0 Å². The summed E-state index contributed by atoms with van der Waals surface area (Å²) in [7, 11) is 0. The number of carboxylic acid groups (broad SMARTS) is 1. The van der Waals surface area contributed by atoms with E-state index in [1.807, 2.05) is 67.3 Å². The summed E-state index contributed by atoms with van der Waals surface area (Å²) in [5, 5.41) is 13.8. The lowest BCUT2D eigenvalue weighted by Crippen LogP contribution is -2.20. The summed E-state index contributed by atoms with van der Waals surface area (Å²) in [5.74, 6) is 0.765. The van der Waals surface area contributed by atoms with E-state index in [1.54, 1.807) is 18.5 Å². The van der Waals surface area contributed by atoms with E-state index in [0.717, 1.165) is 33.5 Å². The summed E-state index contributed by atoms with van der Waals surface area (Å²) in [6.45, 7) is 4.95. The van der Waals surface area contributed by atoms with Crippen molar-refractivity contribution in [2.24, 2.45) is 0 Å². The van der Waals surface area contributed by atoms with Crippen LogP contribution in [0.3, 0.4) is 0 Å². The normalized spacial score (nSPS) is 12.7. The first-order valence-electron chi connectivity index (χ1n) is 12.0. The van der Waals surface area contributed by atoms with E-state index in [-0.39, 0.29) is 5.91 Å². The van der Waals surface area contributed by atoms with Crippen LogP contribution in [0.15, 0.2) is 67.0 Å². The predicted octanol–water partition coefficient (Wildman–Crippen LogP) is 5.38. The number of anilines is 3. The molecule has 1 aliphatic rings. The van der Waals surface area contributed by atoms with E-state index in [1.165, 1.54) is 0 Å². The Morgan fingerprint density at radius 3 is 2.70 bits per heavy atom. The average molecular weight is 495 g/mol. The molecule has 0 radical (unpaired) electrons. The van der Waals surface area contributed by atoms with Crippen LogP contribution >= 0.6 is 0 Å². The number of rotatable bonds is 7. The highest BCUT2D eigenvalue weighted by Gasteiger charge is 2.27. The third-order valence-electron chi connectivity index (χ3n) is 6.34. The number of pyridine rings is 2. The van der Waals surface area contributed by atoms with Crippen molar-refractivity contribution in [3.05, 3.63) is 89.3 Å². The molecule has 2 aromatic carbocycles. The number of carbonyl (C=O) groups excluding carboxylic acids is 1. The van der Waals surface area contributed by atoms with Crippen molar-refractivity contribution in [1.29, 1.82) is 0 Å². The van der Waals surface area contributed by atoms with Crippen molar-refractivity contribution >= 4 is 46.0 Å². The number of amides is 1. The molecule has 37 heavy (non-hydrogen) atoms. The van der Waals surface area contributed by atoms with Gasteiger partial charge in [-0.15, -0.1) is 0 Å². The molecule has 2 N–H and O–H groups in total. The number of nitrogens with one attached hydrogen (secondary N) is 1. The lowest BCUT2D eigenvalue weighted by atomic mass is 10.0. The largest absolute Gasteiger partial charge is 0.493 e. The SMILES string of the molecule is CCN1c2ncc(CCOc3ccc(/C=C/C(=O)O)c4ccccc34)cc2C(=O)Nc2c(C)ccnc21. The van der Waals surface area contributed by atoms with Crippen LogP contribution in [0.25, 0.3) is 16.8 Å². The molecule has 3 heterocycles. The molecule has 2 aromatic heterocycles. The van der Waals surface area contributed by atoms with Crippen LogP contribution in [0.2, 0.25) is 0 Å². The Hall–Kier alpha value is -4.72. The van der Waals surface area contributed by atoms with Crippen LogP contribution in [-0.2, 0) is 11.2 Å². The van der Waals surface area contributed by atoms with Crippen molar-refractivity contribution in [1.82, 2.24) is 9.97 Å². The first-order chi connectivity index (χ1) is 18.0. The molecule has 0 unspecified atom stereocenters. The summed E-state index contributed by atoms with van der Waals surface area (Å²) < 4.78 is 6.12. The summed E-state index contributed by atoms with van der Waals surface area (Å²) >= 11 is 0. The minimum absolute atomic E-state index is 0.213. The van der Waals surface area contributed by atoms with Gasteiger partial charge in [-0.05, 0) is 60.2 Å². The maximum absolute atomic E-state index is 13.1. The second kappa shape index (κ2) is 10.1. The number of carboxylic acids is 1. The third-order valence-corrected chi connectivity index (χ3v) is 6.34. The van der Waals surface area contributed by atoms with E-state index in [0.29, 0.717) is 48.2 Å². The standard InChI is InChI=1S/C29H26N4O4/c1-3-33-27-23(29(36)32-26-18(2)12-14-30-28(26)33)16-19(17-31-27)13-15-37-24-10-8-20(9-11-25(34)35)21-6-4-5-7-22(21)24/h4-12,14,16-17H,3,13,15H2,1-2H3,(H,32,36)(H,34,35)/b11-9+. The number of aliphatic carboxylic acids is 1. The maximum atomic E-state index is 13.1. The van der Waals surface area contributed by atoms with E-state index < -0.39 is 5.97 Å². The van der Waals surface area contributed by atoms with Gasteiger partial charge in [-0.1, -0.05) is 30.3 Å². The van der Waals surface area contributed by atoms with Crippen LogP contribution in [0.1, 0.15) is 34.0 Å². The van der Waals surface area contributed by atoms with Crippen LogP contribution in [-0.4, -0.2) is 40.1 Å². The molecule has 0 fully saturated rings. The van der Waals surface area contributed by atoms with Gasteiger partial charge in [0, 0.05) is 36.8 Å². The first-order valence-corrected chi connectivity index (χ1v) is 12.0. The number of aryl methyl sites for hydroxylation is 1. The maximum Gasteiger partial charge on any atom is 0.328 e. The fourth-order valence-corrected chi connectivity index (χ4v) is 4.51. The molecule has 0 saturated heterocycles. The molecule has 0 bridgehead atoms. The second-order valence-corrected chi connectivity index (χ2v) is 8.71. The molecule has 8 heteroatoms. The lowest BCUT2D eigenvalue weighted by molar-refractivity contribution is -0.131. The van der Waals surface area contributed by atoms with Crippen molar-refractivity contribution < 1.29 is 19.4 Å². The number of ether oxygens (including phenoxy) is 1. The number of benzene rings is 2. The van der Waals surface area contributed by atoms with Gasteiger partial charge >= 0.3 is 5.97 Å². The summed E-state index contributed by atoms with van der Waals surface area (Å²) in [5.41, 5.74) is 3.82. The zero-order valence-corrected chi connectivity index (χ0v) is 20.6. The van der Waals surface area contributed by atoms with E-state index in [2.05, 4.69) is 15.3 Å². The highest BCUT2D eigenvalue weighted by atomic mass is 16.5. The zero-order valence-electron chi connectivity index (χ0n) is 20.6. The number of aromatic nitrogens is 2. The number of fused-ring (bicyclic) bond motifs is 3. The Labute approximate surface area is 214 Å². The van der Waals surface area contributed by atoms with Crippen LogP contribution in [0, 0.1) is 6.92 Å². The van der Waals surface area contributed by atoms with Gasteiger partial charge in [0.25, 0.3) is 5.91 Å². The molecule has 1 amide bonds. The Morgan fingerprint density at radius 1 is 1.11 bits per heavy atom. The van der Waals surface area contributed by atoms with E-state index in [9.17, 15) is 9.59 Å². The fraction of sp³-hybridized carbons (Fsp3) is 0.172. The van der Waals surface area contributed by atoms with Crippen LogP contribution < -0.4 is 15.0 Å². The summed E-state index contributed by atoms with van der Waals surface area (Å²) in [6.07, 6.45) is 6.77. The lowest BCUT2D eigenvalue weighted by Gasteiger charge is -2.22. The molecular formula is C29H26N4O4. The van der Waals surface area contributed by atoms with E-state index in [4.69, 9.17) is 9.84 Å². The number of carbonyl (C=O) groups is 2.